The van der Waals surface area contributed by atoms with Crippen LogP contribution in [-0.4, -0.2) is 34.7 Å². The molecule has 0 radical (unpaired) electrons. The zero-order chi connectivity index (χ0) is 14.2. The SMILES string of the molecule is COc1ccc(-c2noc(CN3C[C@H]4CC[C@H]3C4)n2)cc1. The van der Waals surface area contributed by atoms with E-state index < -0.39 is 0 Å². The fraction of sp³-hybridized carbons (Fsp3) is 0.500. The highest BCUT2D eigenvalue weighted by Gasteiger charge is 2.38. The van der Waals surface area contributed by atoms with Crippen LogP contribution in [0.1, 0.15) is 25.2 Å². The van der Waals surface area contributed by atoms with E-state index in [1.165, 1.54) is 25.8 Å². The van der Waals surface area contributed by atoms with Crippen molar-refractivity contribution < 1.29 is 9.26 Å². The van der Waals surface area contributed by atoms with Gasteiger partial charge in [-0.2, -0.15) is 4.98 Å². The van der Waals surface area contributed by atoms with Gasteiger partial charge in [0.05, 0.1) is 13.7 Å². The topological polar surface area (TPSA) is 51.4 Å². The molecule has 2 fully saturated rings. The number of likely N-dealkylation sites (tertiary alicyclic amines) is 1. The van der Waals surface area contributed by atoms with Crippen LogP contribution in [0, 0.1) is 5.92 Å². The van der Waals surface area contributed by atoms with E-state index in [4.69, 9.17) is 9.26 Å². The molecule has 1 saturated carbocycles. The van der Waals surface area contributed by atoms with Gasteiger partial charge in [-0.1, -0.05) is 5.16 Å². The third-order valence-corrected chi connectivity index (χ3v) is 4.68. The molecule has 2 bridgehead atoms. The summed E-state index contributed by atoms with van der Waals surface area (Å²) in [5.41, 5.74) is 0.953. The van der Waals surface area contributed by atoms with Crippen molar-refractivity contribution in [1.82, 2.24) is 15.0 Å². The summed E-state index contributed by atoms with van der Waals surface area (Å²) >= 11 is 0. The molecule has 1 aliphatic carbocycles. The van der Waals surface area contributed by atoms with Crippen molar-refractivity contribution in [2.24, 2.45) is 5.92 Å². The fourth-order valence-electron chi connectivity index (χ4n) is 3.57. The molecule has 2 atom stereocenters. The molecule has 1 aromatic carbocycles. The molecule has 0 spiro atoms. The first kappa shape index (κ1) is 12.8. The summed E-state index contributed by atoms with van der Waals surface area (Å²) in [6.07, 6.45) is 4.06. The van der Waals surface area contributed by atoms with Crippen LogP contribution in [0.3, 0.4) is 0 Å². The zero-order valence-corrected chi connectivity index (χ0v) is 12.2. The van der Waals surface area contributed by atoms with E-state index >= 15 is 0 Å². The van der Waals surface area contributed by atoms with Gasteiger partial charge in [-0.25, -0.2) is 0 Å². The van der Waals surface area contributed by atoms with Crippen molar-refractivity contribution in [3.05, 3.63) is 30.2 Å². The summed E-state index contributed by atoms with van der Waals surface area (Å²) in [4.78, 5) is 7.01. The van der Waals surface area contributed by atoms with Crippen molar-refractivity contribution in [2.75, 3.05) is 13.7 Å². The molecule has 4 rings (SSSR count). The van der Waals surface area contributed by atoms with Crippen LogP contribution >= 0.6 is 0 Å². The van der Waals surface area contributed by atoms with Gasteiger partial charge < -0.3 is 9.26 Å². The van der Waals surface area contributed by atoms with Gasteiger partial charge in [-0.05, 0) is 49.4 Å². The molecule has 21 heavy (non-hydrogen) atoms. The summed E-state index contributed by atoms with van der Waals surface area (Å²) in [6.45, 7) is 1.97. The van der Waals surface area contributed by atoms with E-state index in [2.05, 4.69) is 15.0 Å². The molecule has 0 unspecified atom stereocenters. The van der Waals surface area contributed by atoms with E-state index in [0.717, 1.165) is 29.8 Å². The van der Waals surface area contributed by atoms with E-state index in [1.54, 1.807) is 7.11 Å². The smallest absolute Gasteiger partial charge is 0.241 e. The number of benzene rings is 1. The Morgan fingerprint density at radius 1 is 1.29 bits per heavy atom. The van der Waals surface area contributed by atoms with Crippen LogP contribution in [-0.2, 0) is 6.54 Å². The zero-order valence-electron chi connectivity index (χ0n) is 12.2. The molecule has 1 aromatic heterocycles. The maximum absolute atomic E-state index is 5.41. The van der Waals surface area contributed by atoms with Gasteiger partial charge >= 0.3 is 0 Å². The largest absolute Gasteiger partial charge is 0.497 e. The van der Waals surface area contributed by atoms with Crippen LogP contribution in [0.4, 0.5) is 0 Å². The molecule has 0 N–H and O–H groups in total. The monoisotopic (exact) mass is 285 g/mol. The van der Waals surface area contributed by atoms with Crippen molar-refractivity contribution in [3.63, 3.8) is 0 Å². The van der Waals surface area contributed by atoms with Gasteiger partial charge in [-0.3, -0.25) is 4.90 Å². The van der Waals surface area contributed by atoms with E-state index in [1.807, 2.05) is 24.3 Å². The minimum Gasteiger partial charge on any atom is -0.497 e. The second-order valence-corrected chi connectivity index (χ2v) is 6.00. The van der Waals surface area contributed by atoms with Gasteiger partial charge in [0.15, 0.2) is 0 Å². The second kappa shape index (κ2) is 5.15. The van der Waals surface area contributed by atoms with Crippen LogP contribution in [0.15, 0.2) is 28.8 Å². The summed E-state index contributed by atoms with van der Waals surface area (Å²) < 4.78 is 10.6. The Morgan fingerprint density at radius 3 is 2.81 bits per heavy atom. The van der Waals surface area contributed by atoms with Crippen LogP contribution in [0.2, 0.25) is 0 Å². The molecule has 2 aliphatic rings. The highest BCUT2D eigenvalue weighted by atomic mass is 16.5. The first-order valence-corrected chi connectivity index (χ1v) is 7.53. The standard InChI is InChI=1S/C16H19N3O2/c1-20-14-6-3-12(4-7-14)16-17-15(21-18-16)10-19-9-11-2-5-13(19)8-11/h3-4,6-7,11,13H,2,5,8-10H2,1H3/t11-,13-/m0/s1. The number of piperidine rings is 1. The minimum absolute atomic E-state index is 0.650. The summed E-state index contributed by atoms with van der Waals surface area (Å²) in [5.74, 6) is 3.08. The Hall–Kier alpha value is -1.88. The lowest BCUT2D eigenvalue weighted by Crippen LogP contribution is -2.31. The molecule has 0 amide bonds. The quantitative estimate of drug-likeness (QED) is 0.864. The number of methoxy groups -OCH3 is 1. The third kappa shape index (κ3) is 2.42. The Labute approximate surface area is 123 Å². The number of fused-ring (bicyclic) bond motifs is 2. The average molecular weight is 285 g/mol. The molecule has 2 heterocycles. The predicted octanol–water partition coefficient (Wildman–Crippen LogP) is 2.73. The lowest BCUT2D eigenvalue weighted by atomic mass is 10.1. The van der Waals surface area contributed by atoms with Crippen LogP contribution < -0.4 is 4.74 Å². The lowest BCUT2D eigenvalue weighted by molar-refractivity contribution is 0.180. The number of hydrogen-bond acceptors (Lipinski definition) is 5. The van der Waals surface area contributed by atoms with E-state index in [0.29, 0.717) is 11.7 Å². The van der Waals surface area contributed by atoms with Crippen LogP contribution in [0.25, 0.3) is 11.4 Å². The van der Waals surface area contributed by atoms with Gasteiger partial charge in [0.1, 0.15) is 5.75 Å². The molecule has 1 aliphatic heterocycles. The molecule has 5 heteroatoms. The Morgan fingerprint density at radius 2 is 2.14 bits per heavy atom. The van der Waals surface area contributed by atoms with Gasteiger partial charge in [0, 0.05) is 18.2 Å². The van der Waals surface area contributed by atoms with E-state index in [-0.39, 0.29) is 0 Å². The fourth-order valence-corrected chi connectivity index (χ4v) is 3.57. The Bertz CT molecular complexity index is 623. The third-order valence-electron chi connectivity index (χ3n) is 4.68. The normalized spacial score (nSPS) is 24.6. The van der Waals surface area contributed by atoms with Crippen molar-refractivity contribution in [3.8, 4) is 17.1 Å². The van der Waals surface area contributed by atoms with Crippen molar-refractivity contribution >= 4 is 0 Å². The van der Waals surface area contributed by atoms with Gasteiger partial charge in [0.2, 0.25) is 11.7 Å². The lowest BCUT2D eigenvalue weighted by Gasteiger charge is -2.24. The first-order valence-electron chi connectivity index (χ1n) is 7.53. The first-order chi connectivity index (χ1) is 10.3. The maximum atomic E-state index is 5.41. The van der Waals surface area contributed by atoms with Gasteiger partial charge in [0.25, 0.3) is 0 Å². The molecular formula is C16H19N3O2. The summed E-state index contributed by atoms with van der Waals surface area (Å²) in [7, 11) is 1.66. The number of hydrogen-bond donors (Lipinski definition) is 0. The minimum atomic E-state index is 0.650. The average Bonchev–Trinajstić information content (AvgIpc) is 3.24. The number of ether oxygens (including phenoxy) is 1. The number of aromatic nitrogens is 2. The molecule has 110 valence electrons. The van der Waals surface area contributed by atoms with Gasteiger partial charge in [-0.15, -0.1) is 0 Å². The summed E-state index contributed by atoms with van der Waals surface area (Å²) in [5, 5.41) is 4.09. The van der Waals surface area contributed by atoms with Crippen molar-refractivity contribution in [2.45, 2.75) is 31.8 Å². The summed E-state index contributed by atoms with van der Waals surface area (Å²) in [6, 6.07) is 8.44. The van der Waals surface area contributed by atoms with E-state index in [9.17, 15) is 0 Å². The second-order valence-electron chi connectivity index (χ2n) is 6.00. The highest BCUT2D eigenvalue weighted by Crippen LogP contribution is 2.38. The Balaban J connectivity index is 1.47. The molecule has 1 saturated heterocycles. The predicted molar refractivity (Wildman–Crippen MR) is 77.8 cm³/mol. The van der Waals surface area contributed by atoms with Crippen LogP contribution in [0.5, 0.6) is 5.75 Å². The highest BCUT2D eigenvalue weighted by molar-refractivity contribution is 5.55. The molecule has 5 nitrogen and oxygen atoms in total. The molecule has 2 aromatic rings. The number of nitrogens with zero attached hydrogens (tertiary/aromatic N) is 3. The number of rotatable bonds is 4. The molecular weight excluding hydrogens is 266 g/mol. The Kier molecular flexibility index (Phi) is 3.15. The van der Waals surface area contributed by atoms with Crippen molar-refractivity contribution in [1.29, 1.82) is 0 Å². The maximum Gasteiger partial charge on any atom is 0.241 e.